The Bertz CT molecular complexity index is 314. The molecule has 1 heterocycles. The van der Waals surface area contributed by atoms with Gasteiger partial charge in [-0.1, -0.05) is 0 Å². The molecule has 2 aliphatic rings. The molecule has 1 saturated heterocycles. The second-order valence-corrected chi connectivity index (χ2v) is 5.09. The van der Waals surface area contributed by atoms with Crippen molar-refractivity contribution in [2.45, 2.75) is 31.7 Å². The Morgan fingerprint density at radius 2 is 2.06 bits per heavy atom. The van der Waals surface area contributed by atoms with Gasteiger partial charge < -0.3 is 20.6 Å². The number of carboxylic acid groups (broad SMARTS) is 1. The molecular formula is C12H21N3O3. The van der Waals surface area contributed by atoms with Gasteiger partial charge in [0.05, 0.1) is 5.92 Å². The van der Waals surface area contributed by atoms with Gasteiger partial charge >= 0.3 is 12.0 Å². The standard InChI is InChI=1S/C12H21N3O3/c16-11(17)9-2-3-10(8-9)14-12(18)15-6-1-4-13-5-7-15/h9-10,13H,1-8H2,(H,14,18)(H,16,17)/t9-,10+/m1/s1. The van der Waals surface area contributed by atoms with Crippen LogP contribution in [0, 0.1) is 5.92 Å². The van der Waals surface area contributed by atoms with Crippen LogP contribution in [0.1, 0.15) is 25.7 Å². The third-order valence-electron chi connectivity index (χ3n) is 3.74. The zero-order valence-electron chi connectivity index (χ0n) is 10.5. The van der Waals surface area contributed by atoms with Gasteiger partial charge in [0.15, 0.2) is 0 Å². The van der Waals surface area contributed by atoms with Gasteiger partial charge in [0.1, 0.15) is 0 Å². The highest BCUT2D eigenvalue weighted by Crippen LogP contribution is 2.25. The van der Waals surface area contributed by atoms with Gasteiger partial charge in [-0.3, -0.25) is 4.79 Å². The summed E-state index contributed by atoms with van der Waals surface area (Å²) in [7, 11) is 0. The van der Waals surface area contributed by atoms with E-state index in [0.29, 0.717) is 12.8 Å². The maximum absolute atomic E-state index is 12.0. The summed E-state index contributed by atoms with van der Waals surface area (Å²) in [5, 5.41) is 15.1. The molecule has 0 aromatic rings. The van der Waals surface area contributed by atoms with E-state index in [4.69, 9.17) is 5.11 Å². The van der Waals surface area contributed by atoms with Gasteiger partial charge in [-0.05, 0) is 32.2 Å². The number of nitrogens with zero attached hydrogens (tertiary/aromatic N) is 1. The zero-order chi connectivity index (χ0) is 13.0. The summed E-state index contributed by atoms with van der Waals surface area (Å²) in [6.07, 6.45) is 2.97. The second kappa shape index (κ2) is 6.04. The van der Waals surface area contributed by atoms with E-state index in [2.05, 4.69) is 10.6 Å². The number of nitrogens with one attached hydrogen (secondary N) is 2. The highest BCUT2D eigenvalue weighted by atomic mass is 16.4. The molecule has 1 saturated carbocycles. The summed E-state index contributed by atoms with van der Waals surface area (Å²) >= 11 is 0. The van der Waals surface area contributed by atoms with Gasteiger partial charge in [0, 0.05) is 25.7 Å². The molecule has 0 unspecified atom stereocenters. The summed E-state index contributed by atoms with van der Waals surface area (Å²) in [6.45, 7) is 3.28. The first-order valence-electron chi connectivity index (χ1n) is 6.66. The maximum Gasteiger partial charge on any atom is 0.317 e. The summed E-state index contributed by atoms with van der Waals surface area (Å²) < 4.78 is 0. The Labute approximate surface area is 107 Å². The number of carbonyl (C=O) groups excluding carboxylic acids is 1. The lowest BCUT2D eigenvalue weighted by atomic mass is 10.1. The lowest BCUT2D eigenvalue weighted by Gasteiger charge is -2.23. The van der Waals surface area contributed by atoms with Crippen molar-refractivity contribution in [3.63, 3.8) is 0 Å². The third kappa shape index (κ3) is 3.35. The Balaban J connectivity index is 1.78. The summed E-state index contributed by atoms with van der Waals surface area (Å²) in [5.74, 6) is -1.04. The minimum atomic E-state index is -0.745. The fraction of sp³-hybridized carbons (Fsp3) is 0.833. The fourth-order valence-corrected chi connectivity index (χ4v) is 2.65. The smallest absolute Gasteiger partial charge is 0.317 e. The number of carbonyl (C=O) groups is 2. The van der Waals surface area contributed by atoms with E-state index in [1.165, 1.54) is 0 Å². The lowest BCUT2D eigenvalue weighted by molar-refractivity contribution is -0.141. The van der Waals surface area contributed by atoms with Crippen LogP contribution in [-0.4, -0.2) is 54.2 Å². The molecule has 0 spiro atoms. The third-order valence-corrected chi connectivity index (χ3v) is 3.74. The summed E-state index contributed by atoms with van der Waals surface area (Å²) in [5.41, 5.74) is 0. The monoisotopic (exact) mass is 255 g/mol. The van der Waals surface area contributed by atoms with Crippen molar-refractivity contribution in [2.75, 3.05) is 26.2 Å². The second-order valence-electron chi connectivity index (χ2n) is 5.09. The number of aliphatic carboxylic acids is 1. The number of urea groups is 1. The highest BCUT2D eigenvalue weighted by molar-refractivity contribution is 5.75. The molecule has 102 valence electrons. The van der Waals surface area contributed by atoms with E-state index in [9.17, 15) is 9.59 Å². The van der Waals surface area contributed by atoms with Crippen LogP contribution in [0.4, 0.5) is 4.79 Å². The van der Waals surface area contributed by atoms with Crippen molar-refractivity contribution in [1.29, 1.82) is 0 Å². The molecule has 0 bridgehead atoms. The summed E-state index contributed by atoms with van der Waals surface area (Å²) in [4.78, 5) is 24.7. The van der Waals surface area contributed by atoms with E-state index < -0.39 is 5.97 Å². The molecular weight excluding hydrogens is 234 g/mol. The van der Waals surface area contributed by atoms with Crippen molar-refractivity contribution in [1.82, 2.24) is 15.5 Å². The lowest BCUT2D eigenvalue weighted by Crippen LogP contribution is -2.45. The maximum atomic E-state index is 12.0. The van der Waals surface area contributed by atoms with Gasteiger partial charge in [-0.15, -0.1) is 0 Å². The van der Waals surface area contributed by atoms with Crippen molar-refractivity contribution < 1.29 is 14.7 Å². The van der Waals surface area contributed by atoms with E-state index in [1.54, 1.807) is 0 Å². The van der Waals surface area contributed by atoms with Crippen LogP contribution in [0.15, 0.2) is 0 Å². The van der Waals surface area contributed by atoms with Crippen molar-refractivity contribution >= 4 is 12.0 Å². The van der Waals surface area contributed by atoms with Crippen LogP contribution < -0.4 is 10.6 Å². The molecule has 0 aromatic carbocycles. The number of amides is 2. The normalized spacial score (nSPS) is 28.8. The Morgan fingerprint density at radius 3 is 2.78 bits per heavy atom. The molecule has 3 N–H and O–H groups in total. The molecule has 1 aliphatic heterocycles. The topological polar surface area (TPSA) is 81.7 Å². The molecule has 6 nitrogen and oxygen atoms in total. The molecule has 1 aliphatic carbocycles. The van der Waals surface area contributed by atoms with Crippen LogP contribution >= 0.6 is 0 Å². The first kappa shape index (κ1) is 13.1. The average molecular weight is 255 g/mol. The highest BCUT2D eigenvalue weighted by Gasteiger charge is 2.31. The predicted molar refractivity (Wildman–Crippen MR) is 66.4 cm³/mol. The van der Waals surface area contributed by atoms with Crippen LogP contribution in [0.2, 0.25) is 0 Å². The first-order chi connectivity index (χ1) is 8.66. The molecule has 0 aromatic heterocycles. The van der Waals surface area contributed by atoms with Crippen molar-refractivity contribution in [2.24, 2.45) is 5.92 Å². The van der Waals surface area contributed by atoms with E-state index in [-0.39, 0.29) is 18.0 Å². The number of hydrogen-bond donors (Lipinski definition) is 3. The number of carboxylic acids is 1. The van der Waals surface area contributed by atoms with Gasteiger partial charge in [0.2, 0.25) is 0 Å². The number of rotatable bonds is 2. The summed E-state index contributed by atoms with van der Waals surface area (Å²) in [6, 6.07) is -0.0236. The van der Waals surface area contributed by atoms with Crippen LogP contribution in [-0.2, 0) is 4.79 Å². The minimum absolute atomic E-state index is 0.0230. The molecule has 6 heteroatoms. The molecule has 18 heavy (non-hydrogen) atoms. The molecule has 2 amide bonds. The van der Waals surface area contributed by atoms with Crippen molar-refractivity contribution in [3.8, 4) is 0 Å². The Morgan fingerprint density at radius 1 is 1.22 bits per heavy atom. The zero-order valence-corrected chi connectivity index (χ0v) is 10.5. The van der Waals surface area contributed by atoms with Crippen LogP contribution in [0.3, 0.4) is 0 Å². The first-order valence-corrected chi connectivity index (χ1v) is 6.66. The van der Waals surface area contributed by atoms with Crippen molar-refractivity contribution in [3.05, 3.63) is 0 Å². The molecule has 2 fully saturated rings. The Hall–Kier alpha value is -1.30. The largest absolute Gasteiger partial charge is 0.481 e. The fourth-order valence-electron chi connectivity index (χ4n) is 2.65. The van der Waals surface area contributed by atoms with E-state index in [1.807, 2.05) is 4.90 Å². The molecule has 0 radical (unpaired) electrons. The van der Waals surface area contributed by atoms with Gasteiger partial charge in [-0.25, -0.2) is 4.79 Å². The quantitative estimate of drug-likeness (QED) is 0.660. The predicted octanol–water partition coefficient (Wildman–Crippen LogP) is 0.245. The minimum Gasteiger partial charge on any atom is -0.481 e. The van der Waals surface area contributed by atoms with E-state index in [0.717, 1.165) is 39.0 Å². The SMILES string of the molecule is O=C(O)[C@@H]1CC[C@H](NC(=O)N2CCCNCC2)C1. The van der Waals surface area contributed by atoms with Crippen LogP contribution in [0.25, 0.3) is 0 Å². The average Bonchev–Trinajstić information content (AvgIpc) is 2.64. The van der Waals surface area contributed by atoms with Crippen LogP contribution in [0.5, 0.6) is 0 Å². The van der Waals surface area contributed by atoms with Gasteiger partial charge in [-0.2, -0.15) is 0 Å². The van der Waals surface area contributed by atoms with E-state index >= 15 is 0 Å². The number of hydrogen-bond acceptors (Lipinski definition) is 3. The molecule has 2 rings (SSSR count). The molecule has 2 atom stereocenters. The Kier molecular flexibility index (Phi) is 4.41. The van der Waals surface area contributed by atoms with Gasteiger partial charge in [0.25, 0.3) is 0 Å².